The summed E-state index contributed by atoms with van der Waals surface area (Å²) in [6.07, 6.45) is 12.9. The monoisotopic (exact) mass is 274 g/mol. The predicted molar refractivity (Wildman–Crippen MR) is 74.1 cm³/mol. The Morgan fingerprint density at radius 2 is 1.11 bits per heavy atom. The van der Waals surface area contributed by atoms with Crippen LogP contribution in [-0.4, -0.2) is 13.2 Å². The molecule has 2 aliphatic rings. The van der Waals surface area contributed by atoms with E-state index in [9.17, 15) is 4.57 Å². The lowest BCUT2D eigenvalue weighted by Gasteiger charge is -2.22. The third kappa shape index (κ3) is 5.42. The van der Waals surface area contributed by atoms with Crippen LogP contribution in [0.15, 0.2) is 0 Å². The van der Waals surface area contributed by atoms with Crippen molar-refractivity contribution in [3.05, 3.63) is 0 Å². The summed E-state index contributed by atoms with van der Waals surface area (Å²) >= 11 is 0. The van der Waals surface area contributed by atoms with Crippen molar-refractivity contribution in [2.75, 3.05) is 13.2 Å². The van der Waals surface area contributed by atoms with E-state index in [1.807, 2.05) is 0 Å². The van der Waals surface area contributed by atoms with E-state index in [-0.39, 0.29) is 0 Å². The molecule has 0 aromatic carbocycles. The summed E-state index contributed by atoms with van der Waals surface area (Å²) in [7, 11) is -2.24. The first-order chi connectivity index (χ1) is 8.84. The molecule has 0 saturated heterocycles. The van der Waals surface area contributed by atoms with Gasteiger partial charge < -0.3 is 9.05 Å². The van der Waals surface area contributed by atoms with Crippen LogP contribution in [-0.2, 0) is 13.6 Å². The zero-order valence-corrected chi connectivity index (χ0v) is 12.4. The number of hydrogen-bond donors (Lipinski definition) is 0. The van der Waals surface area contributed by atoms with Crippen LogP contribution in [0.1, 0.15) is 64.2 Å². The molecule has 0 N–H and O–H groups in total. The van der Waals surface area contributed by atoms with E-state index >= 15 is 0 Å². The molecule has 0 spiro atoms. The van der Waals surface area contributed by atoms with Crippen LogP contribution in [0.2, 0.25) is 0 Å². The highest BCUT2D eigenvalue weighted by Gasteiger charge is 2.17. The number of hydrogen-bond acceptors (Lipinski definition) is 3. The van der Waals surface area contributed by atoms with Crippen molar-refractivity contribution >= 4 is 8.25 Å². The highest BCUT2D eigenvalue weighted by atomic mass is 31.1. The molecule has 106 valence electrons. The van der Waals surface area contributed by atoms with Crippen LogP contribution in [0.25, 0.3) is 0 Å². The first-order valence-corrected chi connectivity index (χ1v) is 8.86. The lowest BCUT2D eigenvalue weighted by Crippen LogP contribution is -2.13. The van der Waals surface area contributed by atoms with Crippen molar-refractivity contribution in [1.82, 2.24) is 0 Å². The average molecular weight is 274 g/mol. The second-order valence-corrected chi connectivity index (χ2v) is 6.96. The van der Waals surface area contributed by atoms with Gasteiger partial charge in [-0.3, -0.25) is 4.57 Å². The van der Waals surface area contributed by atoms with Gasteiger partial charge >= 0.3 is 8.25 Å². The van der Waals surface area contributed by atoms with Crippen LogP contribution < -0.4 is 0 Å². The van der Waals surface area contributed by atoms with E-state index in [1.165, 1.54) is 64.2 Å². The smallest absolute Gasteiger partial charge is 0.310 e. The Morgan fingerprint density at radius 3 is 1.50 bits per heavy atom. The summed E-state index contributed by atoms with van der Waals surface area (Å²) in [5.74, 6) is 1.23. The maximum atomic E-state index is 11.7. The summed E-state index contributed by atoms with van der Waals surface area (Å²) in [6.45, 7) is 1.28. The molecule has 2 aliphatic carbocycles. The highest BCUT2D eigenvalue weighted by molar-refractivity contribution is 7.33. The van der Waals surface area contributed by atoms with Crippen LogP contribution in [0.4, 0.5) is 0 Å². The van der Waals surface area contributed by atoms with Gasteiger partial charge in [0.15, 0.2) is 0 Å². The Hall–Kier alpha value is 0.150. The van der Waals surface area contributed by atoms with Crippen molar-refractivity contribution in [2.24, 2.45) is 11.8 Å². The van der Waals surface area contributed by atoms with Gasteiger partial charge in [0.25, 0.3) is 0 Å². The molecular formula is C14H27O3P. The molecule has 0 atom stereocenters. The maximum Gasteiger partial charge on any atom is 0.319 e. The zero-order chi connectivity index (χ0) is 12.6. The normalized spacial score (nSPS) is 23.6. The minimum Gasteiger partial charge on any atom is -0.310 e. The van der Waals surface area contributed by atoms with Crippen LogP contribution in [0.5, 0.6) is 0 Å². The van der Waals surface area contributed by atoms with E-state index in [0.717, 1.165) is 0 Å². The van der Waals surface area contributed by atoms with Gasteiger partial charge in [-0.15, -0.1) is 0 Å². The molecule has 0 amide bonds. The fourth-order valence-corrected chi connectivity index (χ4v) is 3.95. The predicted octanol–water partition coefficient (Wildman–Crippen LogP) is 4.57. The SMILES string of the molecule is O=[PH](OCC1CCCCC1)OCC1CCCCC1. The highest BCUT2D eigenvalue weighted by Crippen LogP contribution is 2.32. The molecule has 2 saturated carbocycles. The Bertz CT molecular complexity index is 221. The van der Waals surface area contributed by atoms with E-state index in [1.54, 1.807) is 0 Å². The summed E-state index contributed by atoms with van der Waals surface area (Å²) < 4.78 is 22.5. The van der Waals surface area contributed by atoms with Crippen molar-refractivity contribution in [2.45, 2.75) is 64.2 Å². The second kappa shape index (κ2) is 8.35. The molecule has 4 heteroatoms. The molecule has 0 aromatic heterocycles. The van der Waals surface area contributed by atoms with Gasteiger partial charge in [-0.1, -0.05) is 38.5 Å². The molecule has 0 bridgehead atoms. The van der Waals surface area contributed by atoms with Gasteiger partial charge in [-0.25, -0.2) is 0 Å². The molecule has 0 heterocycles. The quantitative estimate of drug-likeness (QED) is 0.665. The summed E-state index contributed by atoms with van der Waals surface area (Å²) in [6, 6.07) is 0. The Morgan fingerprint density at radius 1 is 0.722 bits per heavy atom. The lowest BCUT2D eigenvalue weighted by molar-refractivity contribution is 0.152. The minimum absolute atomic E-state index is 0.617. The third-order valence-corrected chi connectivity index (χ3v) is 5.13. The number of rotatable bonds is 6. The van der Waals surface area contributed by atoms with Gasteiger partial charge in [0, 0.05) is 0 Å². The van der Waals surface area contributed by atoms with Gasteiger partial charge in [-0.05, 0) is 37.5 Å². The van der Waals surface area contributed by atoms with Gasteiger partial charge in [0.1, 0.15) is 0 Å². The van der Waals surface area contributed by atoms with E-state index in [4.69, 9.17) is 9.05 Å². The Labute approximate surface area is 112 Å². The fraction of sp³-hybridized carbons (Fsp3) is 1.00. The lowest BCUT2D eigenvalue weighted by atomic mass is 9.90. The van der Waals surface area contributed by atoms with Crippen molar-refractivity contribution in [1.29, 1.82) is 0 Å². The van der Waals surface area contributed by atoms with Crippen molar-refractivity contribution < 1.29 is 13.6 Å². The summed E-state index contributed by atoms with van der Waals surface area (Å²) in [5.41, 5.74) is 0. The Balaban J connectivity index is 1.54. The average Bonchev–Trinajstić information content (AvgIpc) is 2.45. The molecule has 2 rings (SSSR count). The van der Waals surface area contributed by atoms with E-state index in [0.29, 0.717) is 25.0 Å². The maximum absolute atomic E-state index is 11.7. The van der Waals surface area contributed by atoms with Crippen LogP contribution >= 0.6 is 8.25 Å². The molecule has 2 fully saturated rings. The minimum atomic E-state index is -2.24. The molecule has 0 aliphatic heterocycles. The summed E-state index contributed by atoms with van der Waals surface area (Å²) in [4.78, 5) is 0. The third-order valence-electron chi connectivity index (χ3n) is 4.32. The topological polar surface area (TPSA) is 35.5 Å². The molecule has 3 nitrogen and oxygen atoms in total. The first kappa shape index (κ1) is 14.6. The largest absolute Gasteiger partial charge is 0.319 e. The van der Waals surface area contributed by atoms with Crippen LogP contribution in [0, 0.1) is 11.8 Å². The molecule has 0 unspecified atom stereocenters. The van der Waals surface area contributed by atoms with Crippen molar-refractivity contribution in [3.8, 4) is 0 Å². The standard InChI is InChI=1S/C14H27O3P/c15-18(16-11-13-7-3-1-4-8-13)17-12-14-9-5-2-6-10-14/h13-14,18H,1-12H2. The summed E-state index contributed by atoms with van der Waals surface area (Å²) in [5, 5.41) is 0. The van der Waals surface area contributed by atoms with Gasteiger partial charge in [-0.2, -0.15) is 0 Å². The molecule has 18 heavy (non-hydrogen) atoms. The fourth-order valence-electron chi connectivity index (χ4n) is 3.12. The molecule has 0 radical (unpaired) electrons. The van der Waals surface area contributed by atoms with E-state index < -0.39 is 8.25 Å². The first-order valence-electron chi connectivity index (χ1n) is 7.64. The Kier molecular flexibility index (Phi) is 6.75. The van der Waals surface area contributed by atoms with Crippen molar-refractivity contribution in [3.63, 3.8) is 0 Å². The second-order valence-electron chi connectivity index (χ2n) is 5.88. The zero-order valence-electron chi connectivity index (χ0n) is 11.4. The van der Waals surface area contributed by atoms with Gasteiger partial charge in [0.05, 0.1) is 13.2 Å². The van der Waals surface area contributed by atoms with Gasteiger partial charge in [0.2, 0.25) is 0 Å². The molecular weight excluding hydrogens is 247 g/mol. The van der Waals surface area contributed by atoms with Crippen LogP contribution in [0.3, 0.4) is 0 Å². The van der Waals surface area contributed by atoms with E-state index in [2.05, 4.69) is 0 Å². The molecule has 0 aromatic rings.